The van der Waals surface area contributed by atoms with E-state index in [1.165, 1.54) is 0 Å². The van der Waals surface area contributed by atoms with E-state index in [0.717, 1.165) is 40.4 Å². The molecule has 190 valence electrons. The van der Waals surface area contributed by atoms with Gasteiger partial charge in [-0.1, -0.05) is 45.5 Å². The molecule has 0 atom stereocenters. The van der Waals surface area contributed by atoms with Gasteiger partial charge in [0.1, 0.15) is 11.5 Å². The van der Waals surface area contributed by atoms with Crippen LogP contribution < -0.4 is 10.3 Å². The lowest BCUT2D eigenvalue weighted by Crippen LogP contribution is -2.25. The van der Waals surface area contributed by atoms with Crippen molar-refractivity contribution in [2.45, 2.75) is 53.0 Å². The van der Waals surface area contributed by atoms with Crippen LogP contribution in [0.25, 0.3) is 22.0 Å². The third-order valence-electron chi connectivity index (χ3n) is 5.91. The van der Waals surface area contributed by atoms with Crippen LogP contribution in [0.1, 0.15) is 61.1 Å². The quantitative estimate of drug-likeness (QED) is 0.280. The van der Waals surface area contributed by atoms with Crippen LogP contribution in [0.3, 0.4) is 0 Å². The van der Waals surface area contributed by atoms with Crippen molar-refractivity contribution in [3.8, 4) is 16.9 Å². The first-order valence-electron chi connectivity index (χ1n) is 12.0. The average Bonchev–Trinajstić information content (AvgIpc) is 3.73. The maximum Gasteiger partial charge on any atom is 0.335 e. The Morgan fingerprint density at radius 1 is 1.17 bits per heavy atom. The molecule has 1 aromatic heterocycles. The molecule has 1 saturated carbocycles. The molecule has 2 aromatic carbocycles. The Bertz CT molecular complexity index is 1320. The Labute approximate surface area is 212 Å². The minimum absolute atomic E-state index is 0.0293. The summed E-state index contributed by atoms with van der Waals surface area (Å²) >= 11 is 0. The fraction of sp³-hybridized carbons (Fsp3) is 0.310. The van der Waals surface area contributed by atoms with Gasteiger partial charge in [-0.2, -0.15) is 0 Å². The summed E-state index contributed by atoms with van der Waals surface area (Å²) in [6.45, 7) is 18.1. The number of carbonyl (C=O) groups is 1. The van der Waals surface area contributed by atoms with E-state index in [1.54, 1.807) is 24.3 Å². The highest BCUT2D eigenvalue weighted by Gasteiger charge is 2.30. The van der Waals surface area contributed by atoms with Gasteiger partial charge in [-0.15, -0.1) is 0 Å². The Morgan fingerprint density at radius 3 is 2.28 bits per heavy atom. The number of rotatable bonds is 8. The molecule has 1 aliphatic carbocycles. The van der Waals surface area contributed by atoms with Gasteiger partial charge in [0.05, 0.1) is 23.2 Å². The molecule has 2 N–H and O–H groups in total. The molecule has 0 radical (unpaired) electrons. The van der Waals surface area contributed by atoms with Crippen LogP contribution in [0.15, 0.2) is 58.5 Å². The predicted octanol–water partition coefficient (Wildman–Crippen LogP) is 6.46. The van der Waals surface area contributed by atoms with Crippen LogP contribution in [-0.2, 0) is 6.42 Å². The molecule has 36 heavy (non-hydrogen) atoms. The van der Waals surface area contributed by atoms with E-state index >= 15 is 0 Å². The van der Waals surface area contributed by atoms with Crippen molar-refractivity contribution in [1.82, 2.24) is 4.57 Å². The second-order valence-corrected chi connectivity index (χ2v) is 8.11. The Kier molecular flexibility index (Phi) is 9.91. The number of nitrogens with zero attached hydrogens (tertiary/aromatic N) is 2. The molecule has 1 aliphatic rings. The van der Waals surface area contributed by atoms with E-state index in [-0.39, 0.29) is 23.7 Å². The van der Waals surface area contributed by atoms with Crippen LogP contribution in [-0.4, -0.2) is 35.6 Å². The number of aromatic nitrogens is 1. The standard InChI is InChI=1S/C26H26N2O4.C2H6.CH3N/c1-5-20-24(32-15(2)14-27-4)22-13-12-21(17-6-8-18(9-7-17)26(30)31)16(3)23(22)28(25(20)29)19-10-11-19;2*1-2/h6-9,12-13,19H,2,4-5,10-11,14H2,1,3H3,(H,30,31);1-2H3;2H,1H2. The van der Waals surface area contributed by atoms with Gasteiger partial charge in [0.25, 0.3) is 5.56 Å². The number of hydrogen-bond donors (Lipinski definition) is 2. The zero-order chi connectivity index (χ0) is 27.0. The molecule has 0 amide bonds. The lowest BCUT2D eigenvalue weighted by Gasteiger charge is -2.21. The zero-order valence-corrected chi connectivity index (χ0v) is 21.6. The number of nitrogens with one attached hydrogen (secondary N) is 1. The van der Waals surface area contributed by atoms with Crippen LogP contribution in [0.4, 0.5) is 0 Å². The largest absolute Gasteiger partial charge is 0.478 e. The summed E-state index contributed by atoms with van der Waals surface area (Å²) in [5, 5.41) is 15.6. The SMILES string of the molecule is C=N.C=NCC(=C)Oc1c(CC)c(=O)n(C2CC2)c2c(C)c(-c3ccc(C(=O)O)cc3)ccc12.CC. The summed E-state index contributed by atoms with van der Waals surface area (Å²) in [5.41, 5.74) is 4.49. The van der Waals surface area contributed by atoms with Crippen molar-refractivity contribution in [2.75, 3.05) is 6.54 Å². The number of carboxylic acid groups (broad SMARTS) is 1. The van der Waals surface area contributed by atoms with Gasteiger partial charge in [0, 0.05) is 11.4 Å². The van der Waals surface area contributed by atoms with Gasteiger partial charge >= 0.3 is 5.97 Å². The minimum atomic E-state index is -0.961. The van der Waals surface area contributed by atoms with Crippen molar-refractivity contribution in [1.29, 1.82) is 5.41 Å². The molecule has 0 aliphatic heterocycles. The lowest BCUT2D eigenvalue weighted by molar-refractivity contribution is 0.0697. The van der Waals surface area contributed by atoms with Crippen molar-refractivity contribution in [3.63, 3.8) is 0 Å². The number of fused-ring (bicyclic) bond motifs is 1. The highest BCUT2D eigenvalue weighted by Crippen LogP contribution is 2.42. The number of pyridine rings is 1. The van der Waals surface area contributed by atoms with E-state index < -0.39 is 5.97 Å². The molecule has 0 spiro atoms. The Morgan fingerprint density at radius 2 is 1.78 bits per heavy atom. The number of benzene rings is 2. The summed E-state index contributed by atoms with van der Waals surface area (Å²) in [4.78, 5) is 28.6. The average molecular weight is 490 g/mol. The summed E-state index contributed by atoms with van der Waals surface area (Å²) < 4.78 is 7.98. The van der Waals surface area contributed by atoms with Gasteiger partial charge in [-0.05, 0) is 74.5 Å². The first-order chi connectivity index (χ1) is 17.4. The van der Waals surface area contributed by atoms with E-state index in [9.17, 15) is 14.7 Å². The number of hydrogen-bond acceptors (Lipinski definition) is 5. The number of aryl methyl sites for hydroxylation is 1. The summed E-state index contributed by atoms with van der Waals surface area (Å²) in [6, 6.07) is 10.9. The molecule has 0 bridgehead atoms. The van der Waals surface area contributed by atoms with Crippen LogP contribution in [0.5, 0.6) is 5.75 Å². The molecule has 0 saturated heterocycles. The second-order valence-electron chi connectivity index (χ2n) is 8.11. The molecule has 4 rings (SSSR count). The molecular weight excluding hydrogens is 454 g/mol. The van der Waals surface area contributed by atoms with Gasteiger partial charge in [-0.25, -0.2) is 4.79 Å². The van der Waals surface area contributed by atoms with E-state index in [1.807, 2.05) is 44.4 Å². The Balaban J connectivity index is 0.00000109. The molecule has 7 nitrogen and oxygen atoms in total. The highest BCUT2D eigenvalue weighted by atomic mass is 16.5. The predicted molar refractivity (Wildman–Crippen MR) is 148 cm³/mol. The van der Waals surface area contributed by atoms with Crippen LogP contribution in [0, 0.1) is 12.3 Å². The number of aromatic carboxylic acids is 1. The molecule has 3 aromatic rings. The van der Waals surface area contributed by atoms with Gasteiger partial charge < -0.3 is 19.8 Å². The van der Waals surface area contributed by atoms with E-state index in [2.05, 4.69) is 25.0 Å². The van der Waals surface area contributed by atoms with E-state index in [4.69, 9.17) is 10.1 Å². The minimum Gasteiger partial charge on any atom is -0.478 e. The topological polar surface area (TPSA) is 105 Å². The summed E-state index contributed by atoms with van der Waals surface area (Å²) in [6.07, 6.45) is 2.49. The molecule has 1 heterocycles. The smallest absolute Gasteiger partial charge is 0.335 e. The second kappa shape index (κ2) is 12.6. The highest BCUT2D eigenvalue weighted by molar-refractivity contribution is 5.95. The van der Waals surface area contributed by atoms with Crippen molar-refractivity contribution in [3.05, 3.63) is 75.8 Å². The van der Waals surface area contributed by atoms with Gasteiger partial charge in [-0.3, -0.25) is 9.79 Å². The number of aliphatic imine (C=N–C) groups is 1. The number of ether oxygens (including phenoxy) is 1. The fourth-order valence-corrected chi connectivity index (χ4v) is 4.22. The lowest BCUT2D eigenvalue weighted by atomic mass is 9.95. The number of carboxylic acids is 1. The van der Waals surface area contributed by atoms with Crippen LogP contribution >= 0.6 is 0 Å². The first kappa shape index (κ1) is 28.2. The maximum atomic E-state index is 13.5. The maximum absolute atomic E-state index is 13.5. The summed E-state index contributed by atoms with van der Waals surface area (Å²) in [7, 11) is 0. The van der Waals surface area contributed by atoms with Crippen molar-refractivity contribution in [2.24, 2.45) is 4.99 Å². The van der Waals surface area contributed by atoms with Crippen LogP contribution in [0.2, 0.25) is 0 Å². The Hall–Kier alpha value is -4.00. The normalized spacial score (nSPS) is 12.0. The monoisotopic (exact) mass is 489 g/mol. The molecule has 7 heteroatoms. The third kappa shape index (κ3) is 5.62. The van der Waals surface area contributed by atoms with Gasteiger partial charge in [0.2, 0.25) is 0 Å². The fourth-order valence-electron chi connectivity index (χ4n) is 4.22. The molecular formula is C29H35N3O4. The molecule has 0 unspecified atom stereocenters. The molecule has 1 fully saturated rings. The van der Waals surface area contributed by atoms with Crippen molar-refractivity contribution >= 4 is 30.3 Å². The first-order valence-corrected chi connectivity index (χ1v) is 12.0. The zero-order valence-electron chi connectivity index (χ0n) is 21.6. The summed E-state index contributed by atoms with van der Waals surface area (Å²) in [5.74, 6) is 0.0111. The van der Waals surface area contributed by atoms with E-state index in [0.29, 0.717) is 23.5 Å². The van der Waals surface area contributed by atoms with Crippen molar-refractivity contribution < 1.29 is 14.6 Å². The van der Waals surface area contributed by atoms with Gasteiger partial charge in [0.15, 0.2) is 0 Å². The third-order valence-corrected chi connectivity index (χ3v) is 5.91.